The fourth-order valence-corrected chi connectivity index (χ4v) is 3.87. The van der Waals surface area contributed by atoms with Gasteiger partial charge in [-0.05, 0) is 36.6 Å². The Labute approximate surface area is 130 Å². The highest BCUT2D eigenvalue weighted by atomic mass is 79.9. The lowest BCUT2D eigenvalue weighted by Crippen LogP contribution is -2.44. The van der Waals surface area contributed by atoms with Crippen molar-refractivity contribution in [3.05, 3.63) is 29.3 Å². The quantitative estimate of drug-likeness (QED) is 0.788. The number of morpholine rings is 1. The van der Waals surface area contributed by atoms with Crippen LogP contribution in [0.25, 0.3) is 0 Å². The first-order valence-electron chi connectivity index (χ1n) is 7.50. The van der Waals surface area contributed by atoms with Gasteiger partial charge < -0.3 is 9.64 Å². The van der Waals surface area contributed by atoms with E-state index in [-0.39, 0.29) is 0 Å². The molecule has 0 radical (unpaired) electrons. The van der Waals surface area contributed by atoms with Gasteiger partial charge in [0, 0.05) is 43.2 Å². The van der Waals surface area contributed by atoms with Gasteiger partial charge in [0.05, 0.1) is 13.2 Å². The molecule has 0 bridgehead atoms. The van der Waals surface area contributed by atoms with Crippen molar-refractivity contribution in [2.24, 2.45) is 0 Å². The molecule has 3 nitrogen and oxygen atoms in total. The molecule has 2 aliphatic rings. The maximum Gasteiger partial charge on any atom is 0.0594 e. The van der Waals surface area contributed by atoms with Crippen LogP contribution in [0.2, 0.25) is 0 Å². The minimum absolute atomic E-state index is 0.704. The minimum Gasteiger partial charge on any atom is -0.379 e. The number of halogens is 1. The van der Waals surface area contributed by atoms with Crippen molar-refractivity contribution in [1.82, 2.24) is 4.90 Å². The van der Waals surface area contributed by atoms with Gasteiger partial charge in [-0.1, -0.05) is 22.0 Å². The molecule has 2 fully saturated rings. The fraction of sp³-hybridized carbons (Fsp3) is 0.625. The van der Waals surface area contributed by atoms with Crippen molar-refractivity contribution in [2.75, 3.05) is 44.3 Å². The standard InChI is InChI=1S/C16H23BrN2O/c1-13-10-15(3-2-14(13)11-17)19-5-4-16(12-19)18-6-8-20-9-7-18/h2-3,10,16H,4-9,11-12H2,1H3. The summed E-state index contributed by atoms with van der Waals surface area (Å²) in [5.41, 5.74) is 4.15. The number of hydrogen-bond acceptors (Lipinski definition) is 3. The number of benzene rings is 1. The van der Waals surface area contributed by atoms with Crippen molar-refractivity contribution in [3.63, 3.8) is 0 Å². The lowest BCUT2D eigenvalue weighted by molar-refractivity contribution is 0.0209. The molecule has 0 N–H and O–H groups in total. The molecule has 4 heteroatoms. The maximum absolute atomic E-state index is 5.45. The molecule has 1 aromatic carbocycles. The lowest BCUT2D eigenvalue weighted by atomic mass is 10.1. The second kappa shape index (κ2) is 6.46. The zero-order chi connectivity index (χ0) is 13.9. The van der Waals surface area contributed by atoms with Crippen LogP contribution in [0.5, 0.6) is 0 Å². The molecule has 110 valence electrons. The van der Waals surface area contributed by atoms with E-state index in [4.69, 9.17) is 4.74 Å². The molecular formula is C16H23BrN2O. The number of hydrogen-bond donors (Lipinski definition) is 0. The van der Waals surface area contributed by atoms with Crippen molar-refractivity contribution in [1.29, 1.82) is 0 Å². The van der Waals surface area contributed by atoms with E-state index in [1.807, 2.05) is 0 Å². The number of aryl methyl sites for hydroxylation is 1. The SMILES string of the molecule is Cc1cc(N2CCC(N3CCOCC3)C2)ccc1CBr. The number of ether oxygens (including phenoxy) is 1. The Hall–Kier alpha value is -0.580. The topological polar surface area (TPSA) is 15.7 Å². The summed E-state index contributed by atoms with van der Waals surface area (Å²) in [6, 6.07) is 7.56. The first-order valence-corrected chi connectivity index (χ1v) is 8.62. The zero-order valence-electron chi connectivity index (χ0n) is 12.1. The number of nitrogens with zero attached hydrogens (tertiary/aromatic N) is 2. The van der Waals surface area contributed by atoms with Gasteiger partial charge in [-0.25, -0.2) is 0 Å². The van der Waals surface area contributed by atoms with E-state index in [2.05, 4.69) is 50.9 Å². The van der Waals surface area contributed by atoms with Gasteiger partial charge in [-0.15, -0.1) is 0 Å². The fourth-order valence-electron chi connectivity index (χ4n) is 3.24. The van der Waals surface area contributed by atoms with Crippen molar-refractivity contribution in [3.8, 4) is 0 Å². The normalized spacial score (nSPS) is 24.3. The van der Waals surface area contributed by atoms with Crippen molar-refractivity contribution < 1.29 is 4.74 Å². The Balaban J connectivity index is 1.65. The molecule has 20 heavy (non-hydrogen) atoms. The molecule has 0 amide bonds. The average molecular weight is 339 g/mol. The molecule has 0 saturated carbocycles. The van der Waals surface area contributed by atoms with Crippen LogP contribution >= 0.6 is 15.9 Å². The molecule has 1 atom stereocenters. The molecule has 2 aliphatic heterocycles. The molecule has 0 spiro atoms. The monoisotopic (exact) mass is 338 g/mol. The highest BCUT2D eigenvalue weighted by Gasteiger charge is 2.28. The molecule has 3 rings (SSSR count). The summed E-state index contributed by atoms with van der Waals surface area (Å²) in [5, 5.41) is 0.940. The van der Waals surface area contributed by atoms with Gasteiger partial charge in [-0.3, -0.25) is 4.90 Å². The third-order valence-electron chi connectivity index (χ3n) is 4.56. The third-order valence-corrected chi connectivity index (χ3v) is 5.16. The van der Waals surface area contributed by atoms with Crippen LogP contribution in [0.3, 0.4) is 0 Å². The third kappa shape index (κ3) is 3.02. The van der Waals surface area contributed by atoms with Crippen LogP contribution in [-0.2, 0) is 10.1 Å². The van der Waals surface area contributed by atoms with E-state index in [1.54, 1.807) is 0 Å². The Bertz CT molecular complexity index is 460. The maximum atomic E-state index is 5.45. The molecule has 1 aromatic rings. The molecular weight excluding hydrogens is 316 g/mol. The van der Waals surface area contributed by atoms with E-state index in [0.717, 1.165) is 38.2 Å². The summed E-state index contributed by atoms with van der Waals surface area (Å²) in [4.78, 5) is 5.13. The largest absolute Gasteiger partial charge is 0.379 e. The van der Waals surface area contributed by atoms with Crippen LogP contribution < -0.4 is 4.90 Å². The summed E-state index contributed by atoms with van der Waals surface area (Å²) in [6.45, 7) is 8.53. The predicted molar refractivity (Wildman–Crippen MR) is 86.8 cm³/mol. The summed E-state index contributed by atoms with van der Waals surface area (Å²) in [6.07, 6.45) is 1.28. The predicted octanol–water partition coefficient (Wildman–Crippen LogP) is 2.80. The Morgan fingerprint density at radius 3 is 2.75 bits per heavy atom. The molecule has 0 aromatic heterocycles. The van der Waals surface area contributed by atoms with E-state index < -0.39 is 0 Å². The molecule has 0 aliphatic carbocycles. The van der Waals surface area contributed by atoms with Gasteiger partial charge in [0.15, 0.2) is 0 Å². The van der Waals surface area contributed by atoms with Gasteiger partial charge >= 0.3 is 0 Å². The van der Waals surface area contributed by atoms with Crippen LogP contribution in [0.1, 0.15) is 17.5 Å². The highest BCUT2D eigenvalue weighted by molar-refractivity contribution is 9.08. The summed E-state index contributed by atoms with van der Waals surface area (Å²) in [7, 11) is 0. The van der Waals surface area contributed by atoms with Crippen LogP contribution in [-0.4, -0.2) is 50.3 Å². The minimum atomic E-state index is 0.704. The van der Waals surface area contributed by atoms with Gasteiger partial charge in [-0.2, -0.15) is 0 Å². The van der Waals surface area contributed by atoms with Crippen molar-refractivity contribution in [2.45, 2.75) is 24.7 Å². The number of alkyl halides is 1. The smallest absolute Gasteiger partial charge is 0.0594 e. The molecule has 2 saturated heterocycles. The first-order chi connectivity index (χ1) is 9.78. The van der Waals surface area contributed by atoms with Crippen molar-refractivity contribution >= 4 is 21.6 Å². The summed E-state index contributed by atoms with van der Waals surface area (Å²) >= 11 is 3.55. The molecule has 1 unspecified atom stereocenters. The van der Waals surface area contributed by atoms with Gasteiger partial charge in [0.1, 0.15) is 0 Å². The second-order valence-electron chi connectivity index (χ2n) is 5.78. The Kier molecular flexibility index (Phi) is 4.64. The highest BCUT2D eigenvalue weighted by Crippen LogP contribution is 2.26. The van der Waals surface area contributed by atoms with Crippen LogP contribution in [0.4, 0.5) is 5.69 Å². The lowest BCUT2D eigenvalue weighted by Gasteiger charge is -2.32. The number of anilines is 1. The van der Waals surface area contributed by atoms with E-state index in [1.165, 1.54) is 29.8 Å². The van der Waals surface area contributed by atoms with E-state index in [9.17, 15) is 0 Å². The average Bonchev–Trinajstić information content (AvgIpc) is 2.98. The molecule has 2 heterocycles. The first kappa shape index (κ1) is 14.4. The van der Waals surface area contributed by atoms with E-state index in [0.29, 0.717) is 6.04 Å². The Morgan fingerprint density at radius 2 is 2.05 bits per heavy atom. The summed E-state index contributed by atoms with van der Waals surface area (Å²) in [5.74, 6) is 0. The number of rotatable bonds is 3. The Morgan fingerprint density at radius 1 is 1.25 bits per heavy atom. The van der Waals surface area contributed by atoms with Gasteiger partial charge in [0.25, 0.3) is 0 Å². The summed E-state index contributed by atoms with van der Waals surface area (Å²) < 4.78 is 5.45. The van der Waals surface area contributed by atoms with Crippen LogP contribution in [0, 0.1) is 6.92 Å². The second-order valence-corrected chi connectivity index (χ2v) is 6.34. The zero-order valence-corrected chi connectivity index (χ0v) is 13.7. The van der Waals surface area contributed by atoms with Crippen LogP contribution in [0.15, 0.2) is 18.2 Å². The van der Waals surface area contributed by atoms with Gasteiger partial charge in [0.2, 0.25) is 0 Å². The van der Waals surface area contributed by atoms with E-state index >= 15 is 0 Å².